The Labute approximate surface area is 242 Å². The summed E-state index contributed by atoms with van der Waals surface area (Å²) < 4.78 is 0. The number of carbonyl (C=O) groups excluding carboxylic acids is 3. The first-order chi connectivity index (χ1) is 19.9. The number of ketones is 1. The summed E-state index contributed by atoms with van der Waals surface area (Å²) in [4.78, 5) is 49.4. The third-order valence-corrected chi connectivity index (χ3v) is 9.13. The van der Waals surface area contributed by atoms with Crippen LogP contribution in [0.25, 0.3) is 0 Å². The molecule has 1 saturated carbocycles. The predicted molar refractivity (Wildman–Crippen MR) is 154 cm³/mol. The fourth-order valence-corrected chi connectivity index (χ4v) is 6.93. The molecule has 2 saturated heterocycles. The summed E-state index contributed by atoms with van der Waals surface area (Å²) in [6, 6.07) is 16.2. The number of hydrogen-bond donors (Lipinski definition) is 1. The molecule has 3 aromatic rings. The van der Waals surface area contributed by atoms with Crippen LogP contribution in [0, 0.1) is 23.2 Å². The van der Waals surface area contributed by atoms with Crippen LogP contribution in [0.3, 0.4) is 0 Å². The van der Waals surface area contributed by atoms with Crippen molar-refractivity contribution < 1.29 is 14.4 Å². The quantitative estimate of drug-likeness (QED) is 0.242. The maximum atomic E-state index is 14.3. The van der Waals surface area contributed by atoms with Gasteiger partial charge in [-0.3, -0.25) is 24.3 Å². The molecular weight excluding hydrogens is 534 g/mol. The van der Waals surface area contributed by atoms with E-state index in [0.29, 0.717) is 49.3 Å². The molecule has 1 aliphatic carbocycles. The van der Waals surface area contributed by atoms with Crippen molar-refractivity contribution in [3.05, 3.63) is 112 Å². The molecule has 2 amide bonds. The molecule has 6 rings (SSSR count). The Morgan fingerprint density at radius 2 is 1.95 bits per heavy atom. The molecule has 1 aromatic carbocycles. The number of amides is 2. The molecule has 206 valence electrons. The molecule has 2 aromatic heterocycles. The van der Waals surface area contributed by atoms with E-state index in [2.05, 4.69) is 22.9 Å². The summed E-state index contributed by atoms with van der Waals surface area (Å²) in [6.45, 7) is 5.10. The first kappa shape index (κ1) is 26.7. The van der Waals surface area contributed by atoms with Crippen LogP contribution in [0.2, 0.25) is 0 Å². The van der Waals surface area contributed by atoms with Crippen LogP contribution in [-0.2, 0) is 22.4 Å². The maximum Gasteiger partial charge on any atom is 0.254 e. The van der Waals surface area contributed by atoms with Crippen LogP contribution < -0.4 is 5.32 Å². The smallest absolute Gasteiger partial charge is 0.254 e. The van der Waals surface area contributed by atoms with Crippen LogP contribution in [0.1, 0.15) is 32.8 Å². The normalized spacial score (nSPS) is 25.5. The van der Waals surface area contributed by atoms with Gasteiger partial charge < -0.3 is 10.2 Å². The number of pyridine rings is 1. The minimum atomic E-state index is -1.00. The summed E-state index contributed by atoms with van der Waals surface area (Å²) in [5.41, 5.74) is 0.708. The standard InChI is InChI=1S/C32H29N5O3S/c1-2-10-32(17-21-8-11-34-12-9-21)31(40)37(28(35-32)16-27(38)23-6-3-5-22(14-23)18-33)30-25-19-36(20-26(25)30)29(39)15-24-7-4-13-41-24/h2-9,11-14,16,25-26,30,35H,1,10,15,17,19-20H2. The van der Waals surface area contributed by atoms with Gasteiger partial charge in [-0.05, 0) is 47.7 Å². The second-order valence-electron chi connectivity index (χ2n) is 10.9. The molecule has 8 nitrogen and oxygen atoms in total. The highest BCUT2D eigenvalue weighted by Gasteiger charge is 2.64. The fourth-order valence-electron chi connectivity index (χ4n) is 6.23. The lowest BCUT2D eigenvalue weighted by Gasteiger charge is -2.27. The zero-order valence-corrected chi connectivity index (χ0v) is 23.2. The van der Waals surface area contributed by atoms with Gasteiger partial charge in [-0.1, -0.05) is 24.3 Å². The van der Waals surface area contributed by atoms with Gasteiger partial charge in [-0.15, -0.1) is 17.9 Å². The number of rotatable bonds is 9. The van der Waals surface area contributed by atoms with Gasteiger partial charge >= 0.3 is 0 Å². The van der Waals surface area contributed by atoms with Crippen LogP contribution in [0.15, 0.2) is 90.9 Å². The second kappa shape index (κ2) is 10.8. The van der Waals surface area contributed by atoms with Crippen molar-refractivity contribution >= 4 is 28.9 Å². The average molecular weight is 564 g/mol. The van der Waals surface area contributed by atoms with Gasteiger partial charge in [0.2, 0.25) is 5.91 Å². The molecule has 1 N–H and O–H groups in total. The number of carbonyl (C=O) groups is 3. The zero-order valence-electron chi connectivity index (χ0n) is 22.4. The van der Waals surface area contributed by atoms with Gasteiger partial charge in [0.1, 0.15) is 11.4 Å². The minimum absolute atomic E-state index is 0.102. The number of nitrogens with zero attached hydrogens (tertiary/aromatic N) is 4. The third-order valence-electron chi connectivity index (χ3n) is 8.25. The van der Waals surface area contributed by atoms with E-state index in [-0.39, 0.29) is 35.5 Å². The third kappa shape index (κ3) is 5.07. The van der Waals surface area contributed by atoms with E-state index in [1.54, 1.807) is 59.0 Å². The van der Waals surface area contributed by atoms with E-state index in [1.807, 2.05) is 34.5 Å². The van der Waals surface area contributed by atoms with E-state index < -0.39 is 5.54 Å². The molecule has 4 heterocycles. The van der Waals surface area contributed by atoms with Crippen molar-refractivity contribution in [1.29, 1.82) is 5.26 Å². The molecule has 3 fully saturated rings. The summed E-state index contributed by atoms with van der Waals surface area (Å²) in [7, 11) is 0. The van der Waals surface area contributed by atoms with Crippen molar-refractivity contribution in [2.45, 2.75) is 30.8 Å². The van der Waals surface area contributed by atoms with Gasteiger partial charge in [-0.2, -0.15) is 5.26 Å². The summed E-state index contributed by atoms with van der Waals surface area (Å²) in [5.74, 6) is 0.456. The predicted octanol–water partition coefficient (Wildman–Crippen LogP) is 3.73. The highest BCUT2D eigenvalue weighted by Crippen LogP contribution is 2.52. The Bertz CT molecular complexity index is 1570. The number of hydrogen-bond acceptors (Lipinski definition) is 7. The van der Waals surface area contributed by atoms with Gasteiger partial charge in [-0.25, -0.2) is 0 Å². The highest BCUT2D eigenvalue weighted by molar-refractivity contribution is 7.10. The van der Waals surface area contributed by atoms with Crippen LogP contribution >= 0.6 is 11.3 Å². The molecule has 41 heavy (non-hydrogen) atoms. The topological polar surface area (TPSA) is 106 Å². The van der Waals surface area contributed by atoms with E-state index in [0.717, 1.165) is 10.4 Å². The molecule has 0 radical (unpaired) electrons. The van der Waals surface area contributed by atoms with Crippen LogP contribution in [0.5, 0.6) is 0 Å². The van der Waals surface area contributed by atoms with Gasteiger partial charge in [0.05, 0.1) is 18.1 Å². The van der Waals surface area contributed by atoms with Crippen molar-refractivity contribution in [1.82, 2.24) is 20.1 Å². The Kier molecular flexibility index (Phi) is 7.01. The summed E-state index contributed by atoms with van der Waals surface area (Å²) in [6.07, 6.45) is 7.76. The molecule has 0 spiro atoms. The van der Waals surface area contributed by atoms with Crippen molar-refractivity contribution in [3.63, 3.8) is 0 Å². The monoisotopic (exact) mass is 563 g/mol. The van der Waals surface area contributed by atoms with E-state index in [4.69, 9.17) is 0 Å². The summed E-state index contributed by atoms with van der Waals surface area (Å²) >= 11 is 1.58. The largest absolute Gasteiger partial charge is 0.357 e. The average Bonchev–Trinajstić information content (AvgIpc) is 3.37. The minimum Gasteiger partial charge on any atom is -0.357 e. The molecular formula is C32H29N5O3S. The molecule has 3 aliphatic rings. The van der Waals surface area contributed by atoms with Crippen molar-refractivity contribution in [2.24, 2.45) is 11.8 Å². The number of thiophene rings is 1. The van der Waals surface area contributed by atoms with Gasteiger partial charge in [0, 0.05) is 66.3 Å². The summed E-state index contributed by atoms with van der Waals surface area (Å²) in [5, 5.41) is 14.7. The van der Waals surface area contributed by atoms with Gasteiger partial charge in [0.15, 0.2) is 5.78 Å². The molecule has 2 aliphatic heterocycles. The van der Waals surface area contributed by atoms with Crippen LogP contribution in [-0.4, -0.2) is 57.1 Å². The molecule has 0 bridgehead atoms. The number of piperidine rings is 1. The maximum absolute atomic E-state index is 14.3. The Morgan fingerprint density at radius 3 is 2.63 bits per heavy atom. The molecule has 3 unspecified atom stereocenters. The van der Waals surface area contributed by atoms with Crippen molar-refractivity contribution in [2.75, 3.05) is 13.1 Å². The highest BCUT2D eigenvalue weighted by atomic mass is 32.1. The number of allylic oxidation sites excluding steroid dienone is 1. The first-order valence-corrected chi connectivity index (χ1v) is 14.5. The lowest BCUT2D eigenvalue weighted by Crippen LogP contribution is -2.49. The number of likely N-dealkylation sites (tertiary alicyclic amines) is 1. The Balaban J connectivity index is 1.28. The molecule has 9 heteroatoms. The van der Waals surface area contributed by atoms with E-state index >= 15 is 0 Å². The first-order valence-electron chi connectivity index (χ1n) is 13.6. The second-order valence-corrected chi connectivity index (χ2v) is 11.9. The van der Waals surface area contributed by atoms with E-state index in [9.17, 15) is 19.6 Å². The van der Waals surface area contributed by atoms with Gasteiger partial charge in [0.25, 0.3) is 5.91 Å². The number of nitrogens with one attached hydrogen (secondary N) is 1. The van der Waals surface area contributed by atoms with Crippen molar-refractivity contribution in [3.8, 4) is 6.07 Å². The van der Waals surface area contributed by atoms with Crippen LogP contribution in [0.4, 0.5) is 0 Å². The lowest BCUT2D eigenvalue weighted by atomic mass is 9.87. The lowest BCUT2D eigenvalue weighted by molar-refractivity contribution is -0.133. The SMILES string of the molecule is C=CCC1(Cc2ccncc2)NC(=CC(=O)c2cccc(C#N)c2)N(C2C3CN(C(=O)Cc4cccs4)CC32)C1=O. The zero-order chi connectivity index (χ0) is 28.6. The number of nitriles is 1. The molecule has 3 atom stereocenters. The Morgan fingerprint density at radius 1 is 1.17 bits per heavy atom. The number of fused-ring (bicyclic) bond motifs is 1. The Hall–Kier alpha value is -4.55. The van der Waals surface area contributed by atoms with E-state index in [1.165, 1.54) is 6.08 Å². The number of benzene rings is 1. The fraction of sp³-hybridized carbons (Fsp3) is 0.281. The number of aromatic nitrogens is 1.